The van der Waals surface area contributed by atoms with Crippen LogP contribution in [0.4, 0.5) is 0 Å². The van der Waals surface area contributed by atoms with Gasteiger partial charge in [-0.3, -0.25) is 4.79 Å². The molecule has 22 heavy (non-hydrogen) atoms. The first-order chi connectivity index (χ1) is 10.7. The van der Waals surface area contributed by atoms with Crippen molar-refractivity contribution in [3.63, 3.8) is 0 Å². The van der Waals surface area contributed by atoms with Gasteiger partial charge in [-0.05, 0) is 31.2 Å². The third-order valence-corrected chi connectivity index (χ3v) is 3.74. The molecule has 0 aliphatic carbocycles. The third kappa shape index (κ3) is 2.84. The standard InChI is InChI=1S/C19H18NO2/c1-14-8-9-18-15(11-14)6-4-10-20(18)13-19(21)16-5-3-7-17(12-16)22-2/h3-12H,13H2,1-2H3/q+1. The van der Waals surface area contributed by atoms with Crippen LogP contribution < -0.4 is 9.30 Å². The lowest BCUT2D eigenvalue weighted by Gasteiger charge is -2.04. The number of carbonyl (C=O) groups is 1. The molecule has 0 aliphatic heterocycles. The number of nitrogens with zero attached hydrogens (tertiary/aromatic N) is 1. The van der Waals surface area contributed by atoms with Crippen LogP contribution in [-0.4, -0.2) is 12.9 Å². The maximum absolute atomic E-state index is 12.5. The molecule has 0 N–H and O–H groups in total. The fraction of sp³-hybridized carbons (Fsp3) is 0.158. The lowest BCUT2D eigenvalue weighted by molar-refractivity contribution is -0.657. The highest BCUT2D eigenvalue weighted by Crippen LogP contribution is 2.14. The quantitative estimate of drug-likeness (QED) is 0.545. The first-order valence-electron chi connectivity index (χ1n) is 7.23. The Kier molecular flexibility index (Phi) is 3.88. The number of pyridine rings is 1. The second-order valence-electron chi connectivity index (χ2n) is 5.35. The van der Waals surface area contributed by atoms with E-state index >= 15 is 0 Å². The Morgan fingerprint density at radius 1 is 1.09 bits per heavy atom. The van der Waals surface area contributed by atoms with Crippen molar-refractivity contribution in [1.29, 1.82) is 0 Å². The van der Waals surface area contributed by atoms with Crippen molar-refractivity contribution < 1.29 is 14.1 Å². The number of benzene rings is 2. The smallest absolute Gasteiger partial charge is 0.227 e. The van der Waals surface area contributed by atoms with Gasteiger partial charge in [0.1, 0.15) is 5.75 Å². The molecule has 0 spiro atoms. The van der Waals surface area contributed by atoms with Crippen LogP contribution in [0.25, 0.3) is 10.9 Å². The van der Waals surface area contributed by atoms with Crippen LogP contribution in [0.1, 0.15) is 15.9 Å². The summed E-state index contributed by atoms with van der Waals surface area (Å²) < 4.78 is 7.16. The summed E-state index contributed by atoms with van der Waals surface area (Å²) >= 11 is 0. The number of carbonyl (C=O) groups excluding carboxylic acids is 1. The Labute approximate surface area is 129 Å². The van der Waals surface area contributed by atoms with Crippen LogP contribution in [0.15, 0.2) is 60.8 Å². The molecule has 3 rings (SSSR count). The zero-order valence-electron chi connectivity index (χ0n) is 12.7. The van der Waals surface area contributed by atoms with E-state index in [1.807, 2.05) is 35.0 Å². The first kappa shape index (κ1) is 14.3. The predicted octanol–water partition coefficient (Wildman–Crippen LogP) is 3.33. The van der Waals surface area contributed by atoms with E-state index < -0.39 is 0 Å². The number of hydrogen-bond acceptors (Lipinski definition) is 2. The topological polar surface area (TPSA) is 30.2 Å². The molecule has 0 aliphatic rings. The van der Waals surface area contributed by atoms with Crippen molar-refractivity contribution in [2.75, 3.05) is 7.11 Å². The number of ether oxygens (including phenoxy) is 1. The molecule has 0 radical (unpaired) electrons. The van der Waals surface area contributed by atoms with E-state index in [0.29, 0.717) is 17.9 Å². The van der Waals surface area contributed by atoms with Crippen LogP contribution >= 0.6 is 0 Å². The number of aryl methyl sites for hydroxylation is 1. The number of hydrogen-bond donors (Lipinski definition) is 0. The van der Waals surface area contributed by atoms with Gasteiger partial charge in [0.2, 0.25) is 17.8 Å². The maximum Gasteiger partial charge on any atom is 0.227 e. The molecular formula is C19H18NO2+. The SMILES string of the molecule is COc1cccc(C(=O)C[n+]2cccc3cc(C)ccc32)c1. The van der Waals surface area contributed by atoms with E-state index in [9.17, 15) is 4.79 Å². The molecule has 1 aromatic heterocycles. The summed E-state index contributed by atoms with van der Waals surface area (Å²) in [6.07, 6.45) is 1.94. The van der Waals surface area contributed by atoms with E-state index in [4.69, 9.17) is 4.74 Å². The Bertz CT molecular complexity index is 840. The van der Waals surface area contributed by atoms with Crippen molar-refractivity contribution in [1.82, 2.24) is 0 Å². The van der Waals surface area contributed by atoms with Crippen LogP contribution in [-0.2, 0) is 6.54 Å². The van der Waals surface area contributed by atoms with Gasteiger partial charge >= 0.3 is 0 Å². The number of Topliss-reactive ketones (excluding diaryl/α,β-unsaturated/α-hetero) is 1. The molecule has 3 aromatic rings. The van der Waals surface area contributed by atoms with E-state index in [1.54, 1.807) is 13.2 Å². The minimum atomic E-state index is 0.0666. The van der Waals surface area contributed by atoms with Crippen molar-refractivity contribution in [2.24, 2.45) is 0 Å². The number of aromatic nitrogens is 1. The normalized spacial score (nSPS) is 10.6. The summed E-state index contributed by atoms with van der Waals surface area (Å²) in [5.74, 6) is 0.765. The highest BCUT2D eigenvalue weighted by atomic mass is 16.5. The molecule has 0 atom stereocenters. The predicted molar refractivity (Wildman–Crippen MR) is 86.2 cm³/mol. The van der Waals surface area contributed by atoms with Gasteiger partial charge in [0.15, 0.2) is 6.20 Å². The average Bonchev–Trinajstić information content (AvgIpc) is 2.54. The number of methoxy groups -OCH3 is 1. The van der Waals surface area contributed by atoms with Crippen LogP contribution in [0, 0.1) is 6.92 Å². The summed E-state index contributed by atoms with van der Waals surface area (Å²) in [7, 11) is 1.60. The van der Waals surface area contributed by atoms with E-state index in [0.717, 1.165) is 10.9 Å². The first-order valence-corrected chi connectivity index (χ1v) is 7.23. The minimum absolute atomic E-state index is 0.0666. The van der Waals surface area contributed by atoms with E-state index in [-0.39, 0.29) is 5.78 Å². The molecule has 0 fully saturated rings. The number of fused-ring (bicyclic) bond motifs is 1. The summed E-state index contributed by atoms with van der Waals surface area (Å²) in [6, 6.07) is 17.6. The van der Waals surface area contributed by atoms with Crippen LogP contribution in [0.5, 0.6) is 5.75 Å². The number of rotatable bonds is 4. The molecule has 0 amide bonds. The molecule has 1 heterocycles. The fourth-order valence-corrected chi connectivity index (χ4v) is 2.58. The van der Waals surface area contributed by atoms with Gasteiger partial charge in [-0.1, -0.05) is 23.8 Å². The van der Waals surface area contributed by atoms with Crippen molar-refractivity contribution in [2.45, 2.75) is 13.5 Å². The van der Waals surface area contributed by atoms with Crippen LogP contribution in [0.2, 0.25) is 0 Å². The highest BCUT2D eigenvalue weighted by molar-refractivity contribution is 5.95. The summed E-state index contributed by atoms with van der Waals surface area (Å²) in [5.41, 5.74) is 2.93. The highest BCUT2D eigenvalue weighted by Gasteiger charge is 2.15. The third-order valence-electron chi connectivity index (χ3n) is 3.74. The molecule has 110 valence electrons. The summed E-state index contributed by atoms with van der Waals surface area (Å²) in [6.45, 7) is 2.38. The van der Waals surface area contributed by atoms with E-state index in [1.165, 1.54) is 5.56 Å². The maximum atomic E-state index is 12.5. The van der Waals surface area contributed by atoms with Crippen molar-refractivity contribution >= 4 is 16.7 Å². The van der Waals surface area contributed by atoms with Gasteiger partial charge in [0.25, 0.3) is 0 Å². The largest absolute Gasteiger partial charge is 0.497 e. The van der Waals surface area contributed by atoms with Crippen LogP contribution in [0.3, 0.4) is 0 Å². The molecule has 0 unspecified atom stereocenters. The van der Waals surface area contributed by atoms with Gasteiger partial charge in [-0.2, -0.15) is 4.57 Å². The Hall–Kier alpha value is -2.68. The fourth-order valence-electron chi connectivity index (χ4n) is 2.58. The molecular weight excluding hydrogens is 274 g/mol. The zero-order chi connectivity index (χ0) is 15.5. The van der Waals surface area contributed by atoms with Gasteiger partial charge in [0.05, 0.1) is 7.11 Å². The minimum Gasteiger partial charge on any atom is -0.497 e. The average molecular weight is 292 g/mol. The second-order valence-corrected chi connectivity index (χ2v) is 5.35. The lowest BCUT2D eigenvalue weighted by atomic mass is 10.1. The van der Waals surface area contributed by atoms with Crippen molar-refractivity contribution in [3.05, 3.63) is 71.9 Å². The zero-order valence-corrected chi connectivity index (χ0v) is 12.7. The number of ketones is 1. The monoisotopic (exact) mass is 292 g/mol. The Balaban J connectivity index is 1.94. The summed E-state index contributed by atoms with van der Waals surface area (Å²) in [4.78, 5) is 12.5. The van der Waals surface area contributed by atoms with Gasteiger partial charge in [0, 0.05) is 23.1 Å². The van der Waals surface area contributed by atoms with E-state index in [2.05, 4.69) is 31.2 Å². The molecule has 0 saturated carbocycles. The Morgan fingerprint density at radius 2 is 1.95 bits per heavy atom. The van der Waals surface area contributed by atoms with Crippen molar-refractivity contribution in [3.8, 4) is 5.75 Å². The molecule has 0 bridgehead atoms. The molecule has 3 nitrogen and oxygen atoms in total. The lowest BCUT2D eigenvalue weighted by Crippen LogP contribution is -2.38. The Morgan fingerprint density at radius 3 is 2.77 bits per heavy atom. The van der Waals surface area contributed by atoms with Gasteiger partial charge in [-0.25, -0.2) is 0 Å². The molecule has 2 aromatic carbocycles. The second kappa shape index (κ2) is 5.98. The molecule has 3 heteroatoms. The molecule has 0 saturated heterocycles. The summed E-state index contributed by atoms with van der Waals surface area (Å²) in [5, 5.41) is 1.14. The van der Waals surface area contributed by atoms with Gasteiger partial charge in [-0.15, -0.1) is 0 Å². The van der Waals surface area contributed by atoms with Gasteiger partial charge < -0.3 is 4.74 Å².